The number of benzene rings is 1. The van der Waals surface area contributed by atoms with Crippen molar-refractivity contribution in [1.29, 1.82) is 0 Å². The molecular formula is C20H21N3O3. The van der Waals surface area contributed by atoms with Crippen LogP contribution >= 0.6 is 0 Å². The molecule has 0 unspecified atom stereocenters. The maximum absolute atomic E-state index is 12.5. The predicted molar refractivity (Wildman–Crippen MR) is 96.5 cm³/mol. The maximum Gasteiger partial charge on any atom is 0.230 e. The zero-order valence-electron chi connectivity index (χ0n) is 14.6. The monoisotopic (exact) mass is 351 g/mol. The summed E-state index contributed by atoms with van der Waals surface area (Å²) in [5, 5.41) is 15.4. The fourth-order valence-corrected chi connectivity index (χ4v) is 3.63. The summed E-state index contributed by atoms with van der Waals surface area (Å²) in [5.41, 5.74) is 2.86. The van der Waals surface area contributed by atoms with Gasteiger partial charge in [0, 0.05) is 36.7 Å². The molecule has 26 heavy (non-hydrogen) atoms. The van der Waals surface area contributed by atoms with Crippen LogP contribution in [0.2, 0.25) is 0 Å². The summed E-state index contributed by atoms with van der Waals surface area (Å²) in [6.07, 6.45) is 2.17. The number of aliphatic hydroxyl groups excluding tert-OH is 1. The van der Waals surface area contributed by atoms with Crippen molar-refractivity contribution in [3.63, 3.8) is 0 Å². The van der Waals surface area contributed by atoms with Crippen molar-refractivity contribution in [2.45, 2.75) is 25.9 Å². The molecule has 2 aromatic heterocycles. The first-order chi connectivity index (χ1) is 12.6. The van der Waals surface area contributed by atoms with E-state index in [0.29, 0.717) is 18.8 Å². The van der Waals surface area contributed by atoms with Crippen LogP contribution in [0.4, 0.5) is 0 Å². The van der Waals surface area contributed by atoms with Crippen LogP contribution in [0.5, 0.6) is 0 Å². The normalized spacial score (nSPS) is 20.0. The highest BCUT2D eigenvalue weighted by Gasteiger charge is 2.34. The van der Waals surface area contributed by atoms with E-state index in [1.807, 2.05) is 37.3 Å². The van der Waals surface area contributed by atoms with Crippen molar-refractivity contribution >= 4 is 16.8 Å². The molecule has 1 fully saturated rings. The number of β-amino-alcohol motifs (C(OH)–C–C–N with tert-alkyl or cyclic N) is 1. The number of carbonyl (C=O) groups is 1. The molecule has 6 nitrogen and oxygen atoms in total. The molecule has 1 aliphatic rings. The zero-order chi connectivity index (χ0) is 18.1. The van der Waals surface area contributed by atoms with Gasteiger partial charge in [0.2, 0.25) is 5.91 Å². The lowest BCUT2D eigenvalue weighted by atomic mass is 9.94. The van der Waals surface area contributed by atoms with Gasteiger partial charge in [-0.1, -0.05) is 23.4 Å². The van der Waals surface area contributed by atoms with Crippen LogP contribution in [0.3, 0.4) is 0 Å². The van der Waals surface area contributed by atoms with E-state index in [-0.39, 0.29) is 18.2 Å². The van der Waals surface area contributed by atoms with Crippen LogP contribution in [-0.4, -0.2) is 45.2 Å². The second-order valence-electron chi connectivity index (χ2n) is 6.93. The number of nitrogens with zero attached hydrogens (tertiary/aromatic N) is 3. The Kier molecular flexibility index (Phi) is 4.42. The molecule has 1 aromatic carbocycles. The molecule has 1 saturated heterocycles. The number of rotatable bonds is 4. The maximum atomic E-state index is 12.5. The third-order valence-electron chi connectivity index (χ3n) is 4.98. The van der Waals surface area contributed by atoms with Gasteiger partial charge in [-0.2, -0.15) is 0 Å². The molecule has 0 bridgehead atoms. The molecule has 1 aliphatic heterocycles. The van der Waals surface area contributed by atoms with Gasteiger partial charge in [0.25, 0.3) is 0 Å². The summed E-state index contributed by atoms with van der Waals surface area (Å²) in [4.78, 5) is 18.6. The van der Waals surface area contributed by atoms with Gasteiger partial charge in [0.15, 0.2) is 0 Å². The quantitative estimate of drug-likeness (QED) is 0.779. The predicted octanol–water partition coefficient (Wildman–Crippen LogP) is 2.14. The Labute approximate surface area is 151 Å². The Morgan fingerprint density at radius 2 is 2.15 bits per heavy atom. The van der Waals surface area contributed by atoms with E-state index in [9.17, 15) is 9.90 Å². The van der Waals surface area contributed by atoms with Gasteiger partial charge in [-0.25, -0.2) is 0 Å². The fraction of sp³-hybridized carbons (Fsp3) is 0.350. The lowest BCUT2D eigenvalue weighted by Crippen LogP contribution is -2.30. The average molecular weight is 351 g/mol. The summed E-state index contributed by atoms with van der Waals surface area (Å²) in [6.45, 7) is 2.73. The third kappa shape index (κ3) is 3.32. The number of amides is 1. The molecule has 1 N–H and O–H groups in total. The molecule has 134 valence electrons. The van der Waals surface area contributed by atoms with Crippen LogP contribution in [-0.2, 0) is 17.6 Å². The molecule has 3 aromatic rings. The smallest absolute Gasteiger partial charge is 0.230 e. The summed E-state index contributed by atoms with van der Waals surface area (Å²) in [5.74, 6) is 0.536. The van der Waals surface area contributed by atoms with Crippen LogP contribution in [0, 0.1) is 12.8 Å². The molecular weight excluding hydrogens is 330 g/mol. The van der Waals surface area contributed by atoms with Gasteiger partial charge in [0.1, 0.15) is 5.76 Å². The highest BCUT2D eigenvalue weighted by atomic mass is 16.5. The van der Waals surface area contributed by atoms with E-state index >= 15 is 0 Å². The topological polar surface area (TPSA) is 79.5 Å². The standard InChI is InChI=1S/C20H21N3O3/c1-13-8-16(26-22-13)10-20(25)23-11-15(19(24)12-23)9-14-6-7-21-18-5-3-2-4-17(14)18/h2-8,15,19,24H,9-12H2,1H3/t15-,19+/m1/s1. The zero-order valence-corrected chi connectivity index (χ0v) is 14.6. The van der Waals surface area contributed by atoms with Gasteiger partial charge in [-0.3, -0.25) is 9.78 Å². The lowest BCUT2D eigenvalue weighted by molar-refractivity contribution is -0.130. The minimum atomic E-state index is -0.526. The van der Waals surface area contributed by atoms with Crippen molar-refractivity contribution in [2.75, 3.05) is 13.1 Å². The molecule has 6 heteroatoms. The summed E-state index contributed by atoms with van der Waals surface area (Å²) in [6, 6.07) is 11.8. The molecule has 0 aliphatic carbocycles. The minimum absolute atomic E-state index is 0.0150. The number of likely N-dealkylation sites (tertiary alicyclic amines) is 1. The summed E-state index contributed by atoms with van der Waals surface area (Å²) in [7, 11) is 0. The molecule has 4 rings (SSSR count). The van der Waals surface area contributed by atoms with E-state index in [2.05, 4.69) is 10.1 Å². The minimum Gasteiger partial charge on any atom is -0.391 e. The second-order valence-corrected chi connectivity index (χ2v) is 6.93. The second kappa shape index (κ2) is 6.88. The Balaban J connectivity index is 1.46. The van der Waals surface area contributed by atoms with Crippen molar-refractivity contribution in [1.82, 2.24) is 15.0 Å². The van der Waals surface area contributed by atoms with Gasteiger partial charge in [-0.05, 0) is 31.0 Å². The number of carbonyl (C=O) groups excluding carboxylic acids is 1. The number of aryl methyl sites for hydroxylation is 1. The number of hydrogen-bond acceptors (Lipinski definition) is 5. The highest BCUT2D eigenvalue weighted by molar-refractivity contribution is 5.82. The summed E-state index contributed by atoms with van der Waals surface area (Å²) < 4.78 is 5.13. The molecule has 3 heterocycles. The van der Waals surface area contributed by atoms with Crippen molar-refractivity contribution in [2.24, 2.45) is 5.92 Å². The summed E-state index contributed by atoms with van der Waals surface area (Å²) >= 11 is 0. The van der Waals surface area contributed by atoms with Crippen LogP contribution in [0.25, 0.3) is 10.9 Å². The molecule has 1 amide bonds. The lowest BCUT2D eigenvalue weighted by Gasteiger charge is -2.16. The van der Waals surface area contributed by atoms with E-state index in [1.165, 1.54) is 0 Å². The number of aliphatic hydroxyl groups is 1. The van der Waals surface area contributed by atoms with Gasteiger partial charge in [-0.15, -0.1) is 0 Å². The number of hydrogen-bond donors (Lipinski definition) is 1. The number of para-hydroxylation sites is 1. The number of pyridine rings is 1. The van der Waals surface area contributed by atoms with E-state index in [4.69, 9.17) is 4.52 Å². The Morgan fingerprint density at radius 1 is 1.31 bits per heavy atom. The van der Waals surface area contributed by atoms with Crippen LogP contribution < -0.4 is 0 Å². The average Bonchev–Trinajstić information content (AvgIpc) is 3.21. The number of fused-ring (bicyclic) bond motifs is 1. The van der Waals surface area contributed by atoms with Crippen molar-refractivity contribution in [3.05, 3.63) is 59.6 Å². The third-order valence-corrected chi connectivity index (χ3v) is 4.98. The Morgan fingerprint density at radius 3 is 2.96 bits per heavy atom. The van der Waals surface area contributed by atoms with E-state index < -0.39 is 6.10 Å². The molecule has 0 radical (unpaired) electrons. The fourth-order valence-electron chi connectivity index (χ4n) is 3.63. The van der Waals surface area contributed by atoms with E-state index in [1.54, 1.807) is 17.2 Å². The molecule has 2 atom stereocenters. The first-order valence-corrected chi connectivity index (χ1v) is 8.81. The Bertz CT molecular complexity index is 931. The molecule has 0 spiro atoms. The SMILES string of the molecule is Cc1cc(CC(=O)N2C[C@@H](Cc3ccnc4ccccc34)[C@@H](O)C2)on1. The first kappa shape index (κ1) is 16.7. The highest BCUT2D eigenvalue weighted by Crippen LogP contribution is 2.26. The van der Waals surface area contributed by atoms with Crippen molar-refractivity contribution in [3.8, 4) is 0 Å². The van der Waals surface area contributed by atoms with Gasteiger partial charge < -0.3 is 14.5 Å². The van der Waals surface area contributed by atoms with Crippen LogP contribution in [0.15, 0.2) is 47.1 Å². The first-order valence-electron chi connectivity index (χ1n) is 8.81. The largest absolute Gasteiger partial charge is 0.391 e. The van der Waals surface area contributed by atoms with E-state index in [0.717, 1.165) is 28.6 Å². The van der Waals surface area contributed by atoms with Crippen molar-refractivity contribution < 1.29 is 14.4 Å². The van der Waals surface area contributed by atoms with Gasteiger partial charge >= 0.3 is 0 Å². The van der Waals surface area contributed by atoms with Gasteiger partial charge in [0.05, 0.1) is 23.7 Å². The van der Waals surface area contributed by atoms with Crippen LogP contribution in [0.1, 0.15) is 17.0 Å². The number of aromatic nitrogens is 2. The molecule has 0 saturated carbocycles. The Hall–Kier alpha value is -2.73.